The minimum atomic E-state index is -2.56. The van der Waals surface area contributed by atoms with E-state index in [-0.39, 0.29) is 12.4 Å². The number of esters is 1. The van der Waals surface area contributed by atoms with Crippen LogP contribution in [0.5, 0.6) is 0 Å². The Morgan fingerprint density at radius 1 is 1.62 bits per heavy atom. The van der Waals surface area contributed by atoms with Crippen LogP contribution in [0, 0.1) is 0 Å². The summed E-state index contributed by atoms with van der Waals surface area (Å²) in [6.07, 6.45) is 1.37. The highest BCUT2D eigenvalue weighted by atomic mass is 32.2. The molecule has 0 saturated carbocycles. The van der Waals surface area contributed by atoms with E-state index in [9.17, 15) is 9.00 Å². The Bertz CT molecular complexity index is 310. The van der Waals surface area contributed by atoms with Gasteiger partial charge >= 0.3 is 5.97 Å². The maximum atomic E-state index is 11.3. The molecule has 0 spiro atoms. The molecule has 1 unspecified atom stereocenters. The van der Waals surface area contributed by atoms with Gasteiger partial charge in [-0.3, -0.25) is 0 Å². The number of rotatable bonds is 4. The Morgan fingerprint density at radius 3 is 2.54 bits per heavy atom. The highest BCUT2D eigenvalue weighted by Crippen LogP contribution is 2.02. The highest BCUT2D eigenvalue weighted by Gasteiger charge is 2.12. The lowest BCUT2D eigenvalue weighted by Crippen LogP contribution is -2.13. The van der Waals surface area contributed by atoms with Gasteiger partial charge in [0, 0.05) is 11.6 Å². The van der Waals surface area contributed by atoms with E-state index >= 15 is 0 Å². The summed E-state index contributed by atoms with van der Waals surface area (Å²) in [5.74, 6) is -0.911. The quantitative estimate of drug-likeness (QED) is 0.294. The second kappa shape index (κ2) is 4.91. The van der Waals surface area contributed by atoms with Gasteiger partial charge in [-0.05, 0) is 20.4 Å². The molecule has 0 radical (unpaired) electrons. The van der Waals surface area contributed by atoms with Gasteiger partial charge in [0.2, 0.25) is 5.76 Å². The number of carbonyl (C=O) groups is 1. The predicted molar refractivity (Wildman–Crippen MR) is 52.7 cm³/mol. The zero-order valence-corrected chi connectivity index (χ0v) is 8.85. The zero-order chi connectivity index (χ0) is 10.5. The van der Waals surface area contributed by atoms with Gasteiger partial charge in [-0.15, -0.1) is 0 Å². The maximum Gasteiger partial charge on any atom is 0.374 e. The van der Waals surface area contributed by atoms with E-state index in [4.69, 9.17) is 4.18 Å². The third-order valence-electron chi connectivity index (χ3n) is 1.20. The molecule has 13 heavy (non-hydrogen) atoms. The Hall–Kier alpha value is -0.970. The van der Waals surface area contributed by atoms with E-state index < -0.39 is 15.8 Å². The van der Waals surface area contributed by atoms with Crippen LogP contribution in [0.3, 0.4) is 0 Å². The molecule has 0 N–H and O–H groups in total. The molecule has 0 aromatic heterocycles. The van der Waals surface area contributed by atoms with Gasteiger partial charge in [-0.2, -0.15) is 0 Å². The van der Waals surface area contributed by atoms with Gasteiger partial charge in [0.25, 0.3) is 0 Å². The average Bonchev–Trinajstić information content (AvgIpc) is 2.04. The smallest absolute Gasteiger partial charge is 0.374 e. The fourth-order valence-electron chi connectivity index (χ4n) is 0.493. The summed E-state index contributed by atoms with van der Waals surface area (Å²) in [7, 11) is -2.56. The number of ether oxygens (including phenoxy) is 1. The molecule has 0 aliphatic heterocycles. The monoisotopic (exact) mass is 206 g/mol. The first kappa shape index (κ1) is 12.0. The van der Waals surface area contributed by atoms with E-state index in [1.165, 1.54) is 11.6 Å². The molecule has 0 aliphatic rings. The lowest BCUT2D eigenvalue weighted by atomic mass is 10.6. The van der Waals surface area contributed by atoms with Crippen molar-refractivity contribution in [2.75, 3.05) is 12.9 Å². The minimum absolute atomic E-state index is 0.229. The summed E-state index contributed by atoms with van der Waals surface area (Å²) in [6.45, 7) is 6.80. The zero-order valence-electron chi connectivity index (χ0n) is 8.03. The van der Waals surface area contributed by atoms with Crippen molar-refractivity contribution in [1.29, 1.82) is 0 Å². The first-order valence-corrected chi connectivity index (χ1v) is 5.72. The molecule has 0 rings (SSSR count). The van der Waals surface area contributed by atoms with E-state index in [0.29, 0.717) is 0 Å². The second-order valence-corrected chi connectivity index (χ2v) is 4.59. The van der Waals surface area contributed by atoms with Crippen LogP contribution < -0.4 is 0 Å². The van der Waals surface area contributed by atoms with E-state index in [2.05, 4.69) is 11.3 Å². The molecule has 0 aromatic carbocycles. The molecule has 0 bridgehead atoms. The standard InChI is InChI=1S/C8H14O4S/c1-5-11-8(9)7(3)12-13(4,10)6-2/h6H,3,5H2,1-2,4H3. The molecule has 0 amide bonds. The molecule has 0 heterocycles. The Labute approximate surface area is 78.7 Å². The summed E-state index contributed by atoms with van der Waals surface area (Å²) in [4.78, 5) is 11.0. The Kier molecular flexibility index (Phi) is 4.55. The lowest BCUT2D eigenvalue weighted by Gasteiger charge is -2.08. The van der Waals surface area contributed by atoms with Crippen molar-refractivity contribution in [3.63, 3.8) is 0 Å². The fraction of sp³-hybridized carbons (Fsp3) is 0.500. The van der Waals surface area contributed by atoms with Crippen molar-refractivity contribution < 1.29 is 17.9 Å². The molecule has 0 saturated heterocycles. The fourth-order valence-corrected chi connectivity index (χ4v) is 1.06. The molecule has 4 nitrogen and oxygen atoms in total. The van der Waals surface area contributed by atoms with Crippen molar-refractivity contribution in [3.8, 4) is 0 Å². The van der Waals surface area contributed by atoms with Crippen molar-refractivity contribution >= 4 is 21.1 Å². The van der Waals surface area contributed by atoms with Crippen LogP contribution in [0.1, 0.15) is 13.8 Å². The van der Waals surface area contributed by atoms with Gasteiger partial charge in [-0.25, -0.2) is 9.00 Å². The molecule has 0 fully saturated rings. The average molecular weight is 206 g/mol. The predicted octanol–water partition coefficient (Wildman–Crippen LogP) is 0.731. The van der Waals surface area contributed by atoms with Crippen LogP contribution in [-0.2, 0) is 23.5 Å². The largest absolute Gasteiger partial charge is 0.460 e. The third-order valence-corrected chi connectivity index (χ3v) is 2.59. The van der Waals surface area contributed by atoms with Crippen LogP contribution >= 0.6 is 0 Å². The first-order chi connectivity index (χ1) is 5.93. The van der Waals surface area contributed by atoms with Gasteiger partial charge in [0.15, 0.2) is 0 Å². The molecule has 76 valence electrons. The van der Waals surface area contributed by atoms with Crippen molar-refractivity contribution in [2.24, 2.45) is 0 Å². The van der Waals surface area contributed by atoms with E-state index in [1.54, 1.807) is 13.8 Å². The molecule has 1 atom stereocenters. The maximum absolute atomic E-state index is 11.3. The summed E-state index contributed by atoms with van der Waals surface area (Å²) < 4.78 is 20.7. The lowest BCUT2D eigenvalue weighted by molar-refractivity contribution is -0.140. The van der Waals surface area contributed by atoms with Crippen molar-refractivity contribution in [1.82, 2.24) is 0 Å². The van der Waals surface area contributed by atoms with Gasteiger partial charge in [-0.1, -0.05) is 0 Å². The Morgan fingerprint density at radius 2 is 2.15 bits per heavy atom. The normalized spacial score (nSPS) is 14.1. The SMILES string of the molecule is C=C(OS(C)(=O)=CC)C(=O)OCC. The van der Waals surface area contributed by atoms with Gasteiger partial charge in [0.05, 0.1) is 6.61 Å². The molecular formula is C8H14O4S. The first-order valence-electron chi connectivity index (χ1n) is 3.77. The molecule has 0 aliphatic carbocycles. The summed E-state index contributed by atoms with van der Waals surface area (Å²) in [6, 6.07) is 0. The van der Waals surface area contributed by atoms with Gasteiger partial charge in [0.1, 0.15) is 9.80 Å². The molecule has 5 heteroatoms. The third kappa shape index (κ3) is 4.57. The molecular weight excluding hydrogens is 192 g/mol. The number of hydrogen-bond donors (Lipinski definition) is 0. The summed E-state index contributed by atoms with van der Waals surface area (Å²) in [5, 5.41) is 1.37. The van der Waals surface area contributed by atoms with Crippen LogP contribution in [0.15, 0.2) is 12.3 Å². The van der Waals surface area contributed by atoms with E-state index in [1.807, 2.05) is 0 Å². The van der Waals surface area contributed by atoms with Crippen LogP contribution in [-0.4, -0.2) is 28.4 Å². The highest BCUT2D eigenvalue weighted by molar-refractivity contribution is 7.96. The van der Waals surface area contributed by atoms with E-state index in [0.717, 1.165) is 0 Å². The van der Waals surface area contributed by atoms with Crippen LogP contribution in [0.2, 0.25) is 0 Å². The van der Waals surface area contributed by atoms with Gasteiger partial charge < -0.3 is 8.92 Å². The van der Waals surface area contributed by atoms with Crippen LogP contribution in [0.4, 0.5) is 0 Å². The Balaban J connectivity index is 4.34. The minimum Gasteiger partial charge on any atom is -0.460 e. The van der Waals surface area contributed by atoms with Crippen molar-refractivity contribution in [2.45, 2.75) is 13.8 Å². The topological polar surface area (TPSA) is 52.6 Å². The van der Waals surface area contributed by atoms with Crippen molar-refractivity contribution in [3.05, 3.63) is 12.3 Å². The second-order valence-electron chi connectivity index (χ2n) is 2.29. The number of hydrogen-bond acceptors (Lipinski definition) is 4. The molecule has 0 aromatic rings. The van der Waals surface area contributed by atoms with Crippen LogP contribution in [0.25, 0.3) is 0 Å². The summed E-state index contributed by atoms with van der Waals surface area (Å²) in [5.41, 5.74) is 0. The summed E-state index contributed by atoms with van der Waals surface area (Å²) >= 11 is 0. The number of carbonyl (C=O) groups excluding carboxylic acids is 1.